The molecule has 0 aliphatic heterocycles. The minimum absolute atomic E-state index is 0.0101. The molecule has 0 saturated heterocycles. The molecular weight excluding hydrogens is 402 g/mol. The molecule has 154 valence electrons. The summed E-state index contributed by atoms with van der Waals surface area (Å²) in [6.07, 6.45) is 3.26. The normalized spacial score (nSPS) is 11.4. The lowest BCUT2D eigenvalue weighted by Gasteiger charge is -2.12. The molecule has 5 aromatic rings. The Morgan fingerprint density at radius 2 is 1.53 bits per heavy atom. The second-order valence-corrected chi connectivity index (χ2v) is 7.31. The lowest BCUT2D eigenvalue weighted by atomic mass is 10.1. The van der Waals surface area contributed by atoms with E-state index in [0.29, 0.717) is 28.0 Å². The number of hydrogen-bond donors (Lipinski definition) is 0. The zero-order valence-electron chi connectivity index (χ0n) is 16.9. The van der Waals surface area contributed by atoms with Crippen LogP contribution >= 0.6 is 0 Å². The topological polar surface area (TPSA) is 78.0 Å². The highest BCUT2D eigenvalue weighted by molar-refractivity contribution is 5.85. The van der Waals surface area contributed by atoms with Gasteiger partial charge in [-0.2, -0.15) is 0 Å². The monoisotopic (exact) mass is 419 g/mol. The van der Waals surface area contributed by atoms with Gasteiger partial charge in [-0.25, -0.2) is 4.98 Å². The van der Waals surface area contributed by atoms with Crippen LogP contribution < -0.4 is 5.56 Å². The number of para-hydroxylation sites is 2. The molecule has 0 N–H and O–H groups in total. The molecule has 0 bridgehead atoms. The van der Waals surface area contributed by atoms with E-state index < -0.39 is 4.92 Å². The maximum atomic E-state index is 13.5. The van der Waals surface area contributed by atoms with Gasteiger partial charge in [-0.15, -0.1) is 0 Å². The van der Waals surface area contributed by atoms with Gasteiger partial charge in [0.25, 0.3) is 11.2 Å². The first-order valence-electron chi connectivity index (χ1n) is 10.0. The quantitative estimate of drug-likeness (QED) is 0.280. The summed E-state index contributed by atoms with van der Waals surface area (Å²) in [5, 5.41) is 13.9. The van der Waals surface area contributed by atoms with Crippen LogP contribution in [0.4, 0.5) is 5.69 Å². The number of hydrogen-bond acceptors (Lipinski definition) is 4. The standard InChI is InChI=1S/C26H17N3O3/c30-26-22-10-4-5-11-23(22)27-25(16-14-19-8-3-6-12-24(19)29(31)32)28(26)21-15-13-18-7-1-2-9-20(18)17-21/h1-17H/b16-14+. The van der Waals surface area contributed by atoms with Crippen molar-refractivity contribution in [3.63, 3.8) is 0 Å². The predicted octanol–water partition coefficient (Wildman–Crippen LogP) is 5.62. The summed E-state index contributed by atoms with van der Waals surface area (Å²) < 4.78 is 1.54. The Hall–Kier alpha value is -4.58. The van der Waals surface area contributed by atoms with Crippen molar-refractivity contribution < 1.29 is 4.92 Å². The average molecular weight is 419 g/mol. The van der Waals surface area contributed by atoms with E-state index in [9.17, 15) is 14.9 Å². The summed E-state index contributed by atoms with van der Waals surface area (Å²) in [6.45, 7) is 0. The largest absolute Gasteiger partial charge is 0.276 e. The van der Waals surface area contributed by atoms with Crippen LogP contribution in [0.5, 0.6) is 0 Å². The summed E-state index contributed by atoms with van der Waals surface area (Å²) in [6, 6.07) is 27.3. The number of nitro groups is 1. The summed E-state index contributed by atoms with van der Waals surface area (Å²) >= 11 is 0. The minimum Gasteiger partial charge on any atom is -0.268 e. The number of benzene rings is 4. The number of aromatic nitrogens is 2. The first-order valence-corrected chi connectivity index (χ1v) is 10.0. The number of nitro benzene ring substituents is 1. The lowest BCUT2D eigenvalue weighted by Crippen LogP contribution is -2.22. The van der Waals surface area contributed by atoms with Crippen LogP contribution in [0.15, 0.2) is 95.8 Å². The van der Waals surface area contributed by atoms with Gasteiger partial charge in [-0.05, 0) is 53.3 Å². The van der Waals surface area contributed by atoms with Crippen LogP contribution in [-0.4, -0.2) is 14.5 Å². The van der Waals surface area contributed by atoms with Crippen molar-refractivity contribution in [2.24, 2.45) is 0 Å². The Bertz CT molecular complexity index is 1590. The number of rotatable bonds is 4. The van der Waals surface area contributed by atoms with E-state index in [0.717, 1.165) is 10.8 Å². The van der Waals surface area contributed by atoms with E-state index in [1.54, 1.807) is 53.1 Å². The first-order chi connectivity index (χ1) is 15.6. The fraction of sp³-hybridized carbons (Fsp3) is 0. The van der Waals surface area contributed by atoms with E-state index in [1.165, 1.54) is 6.07 Å². The van der Waals surface area contributed by atoms with Crippen molar-refractivity contribution >= 4 is 39.5 Å². The van der Waals surface area contributed by atoms with Crippen LogP contribution in [0.3, 0.4) is 0 Å². The third-order valence-corrected chi connectivity index (χ3v) is 5.34. The fourth-order valence-electron chi connectivity index (χ4n) is 3.79. The predicted molar refractivity (Wildman–Crippen MR) is 127 cm³/mol. The van der Waals surface area contributed by atoms with E-state index in [1.807, 2.05) is 48.5 Å². The molecule has 6 heteroatoms. The van der Waals surface area contributed by atoms with Gasteiger partial charge in [-0.3, -0.25) is 19.5 Å². The average Bonchev–Trinajstić information content (AvgIpc) is 2.82. The van der Waals surface area contributed by atoms with Gasteiger partial charge in [0.1, 0.15) is 5.82 Å². The van der Waals surface area contributed by atoms with E-state index in [-0.39, 0.29) is 11.2 Å². The third-order valence-electron chi connectivity index (χ3n) is 5.34. The molecule has 0 saturated carbocycles. The number of fused-ring (bicyclic) bond motifs is 2. The lowest BCUT2D eigenvalue weighted by molar-refractivity contribution is -0.385. The molecule has 0 aliphatic rings. The maximum absolute atomic E-state index is 13.5. The molecule has 0 amide bonds. The molecule has 32 heavy (non-hydrogen) atoms. The molecular formula is C26H17N3O3. The second-order valence-electron chi connectivity index (χ2n) is 7.31. The van der Waals surface area contributed by atoms with Crippen molar-refractivity contribution in [2.75, 3.05) is 0 Å². The first kappa shape index (κ1) is 19.4. The fourth-order valence-corrected chi connectivity index (χ4v) is 3.79. The smallest absolute Gasteiger partial charge is 0.268 e. The Kier molecular flexibility index (Phi) is 4.80. The summed E-state index contributed by atoms with van der Waals surface area (Å²) in [5.41, 5.74) is 1.47. The highest BCUT2D eigenvalue weighted by Crippen LogP contribution is 2.23. The molecule has 1 heterocycles. The van der Waals surface area contributed by atoms with Crippen LogP contribution in [0, 0.1) is 10.1 Å². The van der Waals surface area contributed by atoms with Gasteiger partial charge in [-0.1, -0.05) is 54.6 Å². The van der Waals surface area contributed by atoms with Crippen LogP contribution in [-0.2, 0) is 0 Å². The van der Waals surface area contributed by atoms with Crippen LogP contribution in [0.1, 0.15) is 11.4 Å². The van der Waals surface area contributed by atoms with Gasteiger partial charge in [0, 0.05) is 6.07 Å². The molecule has 0 fully saturated rings. The Labute approximate surface area is 182 Å². The van der Waals surface area contributed by atoms with Crippen molar-refractivity contribution in [2.45, 2.75) is 0 Å². The third kappa shape index (κ3) is 3.44. The van der Waals surface area contributed by atoms with Crippen molar-refractivity contribution in [3.8, 4) is 5.69 Å². The van der Waals surface area contributed by atoms with Gasteiger partial charge in [0.15, 0.2) is 0 Å². The molecule has 0 atom stereocenters. The zero-order valence-corrected chi connectivity index (χ0v) is 16.9. The molecule has 0 spiro atoms. The van der Waals surface area contributed by atoms with E-state index in [4.69, 9.17) is 0 Å². The maximum Gasteiger partial charge on any atom is 0.276 e. The molecule has 6 nitrogen and oxygen atoms in total. The molecule has 0 radical (unpaired) electrons. The molecule has 5 rings (SSSR count). The SMILES string of the molecule is O=c1c2ccccc2nc(/C=C/c2ccccc2[N+](=O)[O-])n1-c1ccc2ccccc2c1. The van der Waals surface area contributed by atoms with Gasteiger partial charge < -0.3 is 0 Å². The molecule has 0 unspecified atom stereocenters. The van der Waals surface area contributed by atoms with Crippen molar-refractivity contribution in [1.29, 1.82) is 0 Å². The number of nitrogens with zero attached hydrogens (tertiary/aromatic N) is 3. The Morgan fingerprint density at radius 1 is 0.812 bits per heavy atom. The molecule has 4 aromatic carbocycles. The van der Waals surface area contributed by atoms with Gasteiger partial charge in [0.05, 0.1) is 27.1 Å². The summed E-state index contributed by atoms with van der Waals surface area (Å²) in [5.74, 6) is 0.391. The van der Waals surface area contributed by atoms with Crippen LogP contribution in [0.25, 0.3) is 39.5 Å². The van der Waals surface area contributed by atoms with Crippen LogP contribution in [0.2, 0.25) is 0 Å². The highest BCUT2D eigenvalue weighted by atomic mass is 16.6. The second kappa shape index (κ2) is 7.92. The zero-order chi connectivity index (χ0) is 22.1. The Balaban J connectivity index is 1.75. The van der Waals surface area contributed by atoms with E-state index >= 15 is 0 Å². The summed E-state index contributed by atoms with van der Waals surface area (Å²) in [7, 11) is 0. The van der Waals surface area contributed by atoms with Gasteiger partial charge >= 0.3 is 0 Å². The van der Waals surface area contributed by atoms with Crippen molar-refractivity contribution in [1.82, 2.24) is 9.55 Å². The minimum atomic E-state index is -0.427. The van der Waals surface area contributed by atoms with E-state index in [2.05, 4.69) is 4.98 Å². The Morgan fingerprint density at radius 3 is 2.38 bits per heavy atom. The summed E-state index contributed by atoms with van der Waals surface area (Å²) in [4.78, 5) is 29.1. The molecule has 0 aliphatic carbocycles. The van der Waals surface area contributed by atoms with Gasteiger partial charge in [0.2, 0.25) is 0 Å². The molecule has 1 aromatic heterocycles. The van der Waals surface area contributed by atoms with Crippen molar-refractivity contribution in [3.05, 3.63) is 123 Å². The highest BCUT2D eigenvalue weighted by Gasteiger charge is 2.13.